The number of benzene rings is 1. The molecule has 1 N–H and O–H groups in total. The Morgan fingerprint density at radius 2 is 1.93 bits per heavy atom. The number of amides is 1. The van der Waals surface area contributed by atoms with Crippen LogP contribution in [0.5, 0.6) is 0 Å². The maximum Gasteiger partial charge on any atom is 0.277 e. The molecule has 0 bridgehead atoms. The molecule has 28 heavy (non-hydrogen) atoms. The molecule has 6 nitrogen and oxygen atoms in total. The van der Waals surface area contributed by atoms with Gasteiger partial charge in [-0.15, -0.1) is 0 Å². The maximum atomic E-state index is 13.0. The van der Waals surface area contributed by atoms with Gasteiger partial charge in [0.15, 0.2) is 5.69 Å². The quantitative estimate of drug-likeness (QED) is 0.744. The van der Waals surface area contributed by atoms with Gasteiger partial charge in [0.1, 0.15) is 11.6 Å². The molecule has 4 rings (SSSR count). The molecule has 0 saturated carbocycles. The smallest absolute Gasteiger partial charge is 0.277 e. The van der Waals surface area contributed by atoms with Crippen molar-refractivity contribution in [1.29, 1.82) is 0 Å². The van der Waals surface area contributed by atoms with Crippen LogP contribution < -0.4 is 5.32 Å². The summed E-state index contributed by atoms with van der Waals surface area (Å²) >= 11 is 0. The molecule has 2 heterocycles. The van der Waals surface area contributed by atoms with Crippen molar-refractivity contribution in [3.8, 4) is 5.69 Å². The molecule has 2 aromatic heterocycles. The van der Waals surface area contributed by atoms with Crippen LogP contribution in [0.4, 0.5) is 5.82 Å². The molecule has 1 aliphatic carbocycles. The number of aromatic nitrogens is 4. The van der Waals surface area contributed by atoms with E-state index in [2.05, 4.69) is 28.3 Å². The molecule has 1 amide bonds. The Balaban J connectivity index is 1.70. The van der Waals surface area contributed by atoms with E-state index in [1.54, 1.807) is 6.07 Å². The highest BCUT2D eigenvalue weighted by molar-refractivity contribution is 6.03. The first kappa shape index (κ1) is 18.3. The van der Waals surface area contributed by atoms with Crippen LogP contribution in [0.25, 0.3) is 5.69 Å². The van der Waals surface area contributed by atoms with Crippen LogP contribution >= 0.6 is 0 Å². The van der Waals surface area contributed by atoms with Crippen molar-refractivity contribution in [2.24, 2.45) is 0 Å². The molecular weight excluding hydrogens is 350 g/mol. The SMILES string of the molecule is Cc1cc(NC(=O)c2nn(-c3ccccc3C)c3c2CCC3)nc(C(C)C)n1. The lowest BCUT2D eigenvalue weighted by Gasteiger charge is -2.09. The van der Waals surface area contributed by atoms with Crippen molar-refractivity contribution in [1.82, 2.24) is 19.7 Å². The Hall–Kier alpha value is -3.02. The summed E-state index contributed by atoms with van der Waals surface area (Å²) in [6.07, 6.45) is 2.86. The number of nitrogens with one attached hydrogen (secondary N) is 1. The molecule has 144 valence electrons. The predicted molar refractivity (Wildman–Crippen MR) is 109 cm³/mol. The van der Waals surface area contributed by atoms with Crippen LogP contribution in [0.2, 0.25) is 0 Å². The highest BCUT2D eigenvalue weighted by Crippen LogP contribution is 2.29. The Kier molecular flexibility index (Phi) is 4.71. The van der Waals surface area contributed by atoms with Crippen molar-refractivity contribution >= 4 is 11.7 Å². The van der Waals surface area contributed by atoms with Crippen LogP contribution in [0.3, 0.4) is 0 Å². The number of nitrogens with zero attached hydrogens (tertiary/aromatic N) is 4. The summed E-state index contributed by atoms with van der Waals surface area (Å²) in [5.74, 6) is 1.24. The predicted octanol–water partition coefficient (Wildman–Crippen LogP) is 4.14. The molecule has 0 unspecified atom stereocenters. The Labute approximate surface area is 165 Å². The average Bonchev–Trinajstić information content (AvgIpc) is 3.24. The normalized spacial score (nSPS) is 13.0. The third-order valence-corrected chi connectivity index (χ3v) is 5.12. The van der Waals surface area contributed by atoms with Crippen molar-refractivity contribution < 1.29 is 4.79 Å². The maximum absolute atomic E-state index is 13.0. The number of carbonyl (C=O) groups excluding carboxylic acids is 1. The van der Waals surface area contributed by atoms with Crippen LogP contribution in [-0.2, 0) is 12.8 Å². The van der Waals surface area contributed by atoms with Gasteiger partial charge in [-0.2, -0.15) is 5.10 Å². The summed E-state index contributed by atoms with van der Waals surface area (Å²) in [5.41, 5.74) is 5.69. The number of para-hydroxylation sites is 1. The minimum absolute atomic E-state index is 0.195. The molecule has 1 aromatic carbocycles. The van der Waals surface area contributed by atoms with Crippen molar-refractivity contribution in [2.45, 2.75) is 52.9 Å². The third kappa shape index (κ3) is 3.30. The van der Waals surface area contributed by atoms with E-state index >= 15 is 0 Å². The van der Waals surface area contributed by atoms with Gasteiger partial charge in [-0.1, -0.05) is 32.0 Å². The number of aryl methyl sites for hydroxylation is 2. The van der Waals surface area contributed by atoms with Crippen LogP contribution in [0.15, 0.2) is 30.3 Å². The van der Waals surface area contributed by atoms with Gasteiger partial charge in [-0.05, 0) is 44.7 Å². The van der Waals surface area contributed by atoms with Crippen LogP contribution in [0.1, 0.15) is 65.0 Å². The molecule has 0 radical (unpaired) electrons. The lowest BCUT2D eigenvalue weighted by molar-refractivity contribution is 0.102. The second kappa shape index (κ2) is 7.19. The fourth-order valence-corrected chi connectivity index (χ4v) is 3.71. The van der Waals surface area contributed by atoms with Crippen LogP contribution in [0, 0.1) is 13.8 Å². The minimum Gasteiger partial charge on any atom is -0.305 e. The Morgan fingerprint density at radius 3 is 2.68 bits per heavy atom. The second-order valence-corrected chi connectivity index (χ2v) is 7.69. The zero-order chi connectivity index (χ0) is 19.8. The molecule has 0 spiro atoms. The van der Waals surface area contributed by atoms with Gasteiger partial charge in [0.25, 0.3) is 5.91 Å². The lowest BCUT2D eigenvalue weighted by Crippen LogP contribution is -2.17. The van der Waals surface area contributed by atoms with Gasteiger partial charge >= 0.3 is 0 Å². The van der Waals surface area contributed by atoms with E-state index < -0.39 is 0 Å². The fourth-order valence-electron chi connectivity index (χ4n) is 3.71. The largest absolute Gasteiger partial charge is 0.305 e. The molecule has 1 aliphatic rings. The molecule has 0 aliphatic heterocycles. The number of rotatable bonds is 4. The van der Waals surface area contributed by atoms with Gasteiger partial charge in [-0.25, -0.2) is 14.6 Å². The first-order valence-corrected chi connectivity index (χ1v) is 9.77. The van der Waals surface area contributed by atoms with Crippen LogP contribution in [-0.4, -0.2) is 25.7 Å². The molecule has 0 saturated heterocycles. The first-order valence-electron chi connectivity index (χ1n) is 9.77. The first-order chi connectivity index (χ1) is 13.4. The standard InChI is InChI=1S/C22H25N5O/c1-13(2)21-23-15(4)12-19(24-21)25-22(28)20-16-9-7-11-18(16)27(26-20)17-10-6-5-8-14(17)3/h5-6,8,10,12-13H,7,9,11H2,1-4H3,(H,23,24,25,28). The van der Waals surface area contributed by atoms with E-state index in [4.69, 9.17) is 5.10 Å². The Bertz CT molecular complexity index is 1050. The molecule has 0 fully saturated rings. The lowest BCUT2D eigenvalue weighted by atomic mass is 10.1. The van der Waals surface area contributed by atoms with Crippen molar-refractivity contribution in [2.75, 3.05) is 5.32 Å². The summed E-state index contributed by atoms with van der Waals surface area (Å²) in [5, 5.41) is 7.64. The monoisotopic (exact) mass is 375 g/mol. The fraction of sp³-hybridized carbons (Fsp3) is 0.364. The van der Waals surface area contributed by atoms with E-state index in [-0.39, 0.29) is 11.8 Å². The van der Waals surface area contributed by atoms with E-state index in [1.807, 2.05) is 43.7 Å². The molecular formula is C22H25N5O. The van der Waals surface area contributed by atoms with Gasteiger partial charge in [0.05, 0.1) is 5.69 Å². The van der Waals surface area contributed by atoms with E-state index in [1.165, 1.54) is 0 Å². The zero-order valence-electron chi connectivity index (χ0n) is 16.8. The highest BCUT2D eigenvalue weighted by Gasteiger charge is 2.27. The number of carbonyl (C=O) groups is 1. The number of fused-ring (bicyclic) bond motifs is 1. The number of hydrogen-bond acceptors (Lipinski definition) is 4. The van der Waals surface area contributed by atoms with E-state index in [0.29, 0.717) is 11.5 Å². The summed E-state index contributed by atoms with van der Waals surface area (Å²) in [6, 6.07) is 9.92. The zero-order valence-corrected chi connectivity index (χ0v) is 16.8. The van der Waals surface area contributed by atoms with E-state index in [9.17, 15) is 4.79 Å². The van der Waals surface area contributed by atoms with Crippen molar-refractivity contribution in [3.63, 3.8) is 0 Å². The summed E-state index contributed by atoms with van der Waals surface area (Å²) < 4.78 is 1.94. The summed E-state index contributed by atoms with van der Waals surface area (Å²) in [7, 11) is 0. The van der Waals surface area contributed by atoms with E-state index in [0.717, 1.165) is 53.3 Å². The molecule has 0 atom stereocenters. The second-order valence-electron chi connectivity index (χ2n) is 7.69. The van der Waals surface area contributed by atoms with Gasteiger partial charge in [0, 0.05) is 28.9 Å². The topological polar surface area (TPSA) is 72.7 Å². The summed E-state index contributed by atoms with van der Waals surface area (Å²) in [6.45, 7) is 8.05. The number of hydrogen-bond donors (Lipinski definition) is 1. The number of anilines is 1. The summed E-state index contributed by atoms with van der Waals surface area (Å²) in [4.78, 5) is 22.0. The van der Waals surface area contributed by atoms with Gasteiger partial charge in [0.2, 0.25) is 0 Å². The molecule has 6 heteroatoms. The Morgan fingerprint density at radius 1 is 1.14 bits per heavy atom. The van der Waals surface area contributed by atoms with Gasteiger partial charge in [-0.3, -0.25) is 4.79 Å². The van der Waals surface area contributed by atoms with Gasteiger partial charge < -0.3 is 5.32 Å². The van der Waals surface area contributed by atoms with Crippen molar-refractivity contribution in [3.05, 3.63) is 64.4 Å². The minimum atomic E-state index is -0.210. The third-order valence-electron chi connectivity index (χ3n) is 5.12. The highest BCUT2D eigenvalue weighted by atomic mass is 16.2. The average molecular weight is 375 g/mol. The molecule has 3 aromatic rings.